The number of hydrogen-bond acceptors (Lipinski definition) is 4. The third kappa shape index (κ3) is 7.97. The Kier molecular flexibility index (Phi) is 9.62. The highest BCUT2D eigenvalue weighted by molar-refractivity contribution is 5.33. The zero-order valence-corrected chi connectivity index (χ0v) is 13.0. The lowest BCUT2D eigenvalue weighted by atomic mass is 10.1. The molecule has 0 fully saturated rings. The lowest BCUT2D eigenvalue weighted by Gasteiger charge is -2.06. The van der Waals surface area contributed by atoms with E-state index in [4.69, 9.17) is 4.74 Å². The van der Waals surface area contributed by atoms with Crippen LogP contribution in [-0.4, -0.2) is 23.3 Å². The average Bonchev–Trinajstić information content (AvgIpc) is 2.47. The van der Waals surface area contributed by atoms with E-state index < -0.39 is 0 Å². The maximum Gasteiger partial charge on any atom is 0.233 e. The van der Waals surface area contributed by atoms with Gasteiger partial charge in [-0.05, 0) is 19.4 Å². The number of nitrogens with one attached hydrogen (secondary N) is 1. The summed E-state index contributed by atoms with van der Waals surface area (Å²) < 4.78 is 5.26. The molecular weight excluding hydrogens is 250 g/mol. The second-order valence-electron chi connectivity index (χ2n) is 5.09. The molecule has 4 heteroatoms. The summed E-state index contributed by atoms with van der Waals surface area (Å²) in [6.07, 6.45) is 10.7. The molecule has 0 saturated carbocycles. The molecule has 0 saturated heterocycles. The Morgan fingerprint density at radius 3 is 2.20 bits per heavy atom. The highest BCUT2D eigenvalue weighted by atomic mass is 16.5. The predicted octanol–water partition coefficient (Wildman–Crippen LogP) is 4.43. The summed E-state index contributed by atoms with van der Waals surface area (Å²) in [7, 11) is 0. The summed E-state index contributed by atoms with van der Waals surface area (Å²) in [5, 5.41) is 11.4. The van der Waals surface area contributed by atoms with Gasteiger partial charge in [0.1, 0.15) is 5.82 Å². The molecule has 4 nitrogen and oxygen atoms in total. The van der Waals surface area contributed by atoms with Crippen LogP contribution >= 0.6 is 0 Å². The van der Waals surface area contributed by atoms with Gasteiger partial charge in [0.25, 0.3) is 0 Å². The van der Waals surface area contributed by atoms with Crippen LogP contribution in [0.2, 0.25) is 0 Å². The van der Waals surface area contributed by atoms with Crippen LogP contribution in [0.5, 0.6) is 5.88 Å². The van der Waals surface area contributed by atoms with Gasteiger partial charge in [-0.3, -0.25) is 0 Å². The summed E-state index contributed by atoms with van der Waals surface area (Å²) >= 11 is 0. The summed E-state index contributed by atoms with van der Waals surface area (Å²) in [4.78, 5) is 0. The van der Waals surface area contributed by atoms with Crippen LogP contribution in [0.25, 0.3) is 0 Å². The molecule has 0 aliphatic rings. The normalized spacial score (nSPS) is 10.5. The quantitative estimate of drug-likeness (QED) is 0.575. The fourth-order valence-corrected chi connectivity index (χ4v) is 2.11. The smallest absolute Gasteiger partial charge is 0.233 e. The van der Waals surface area contributed by atoms with Crippen LogP contribution in [0, 0.1) is 0 Å². The second kappa shape index (κ2) is 11.5. The van der Waals surface area contributed by atoms with Crippen LogP contribution in [0.4, 0.5) is 5.82 Å². The topological polar surface area (TPSA) is 47.0 Å². The van der Waals surface area contributed by atoms with Gasteiger partial charge in [0.15, 0.2) is 0 Å². The summed E-state index contributed by atoms with van der Waals surface area (Å²) in [6.45, 7) is 5.79. The highest BCUT2D eigenvalue weighted by Gasteiger charge is 1.97. The number of ether oxygens (including phenoxy) is 1. The minimum atomic E-state index is 0.588. The van der Waals surface area contributed by atoms with Crippen LogP contribution < -0.4 is 10.1 Å². The Hall–Kier alpha value is -1.32. The van der Waals surface area contributed by atoms with Crippen LogP contribution in [0.1, 0.15) is 65.2 Å². The molecule has 0 spiro atoms. The van der Waals surface area contributed by atoms with Crippen LogP contribution in [0.15, 0.2) is 12.1 Å². The third-order valence-corrected chi connectivity index (χ3v) is 3.27. The molecule has 114 valence electrons. The van der Waals surface area contributed by atoms with Gasteiger partial charge in [-0.15, -0.1) is 10.2 Å². The molecule has 1 heterocycles. The Labute approximate surface area is 123 Å². The first-order chi connectivity index (χ1) is 9.86. The van der Waals surface area contributed by atoms with E-state index in [1.807, 2.05) is 19.1 Å². The molecule has 0 aliphatic heterocycles. The number of unbranched alkanes of at least 4 members (excludes halogenated alkanes) is 7. The van der Waals surface area contributed by atoms with E-state index in [-0.39, 0.29) is 0 Å². The van der Waals surface area contributed by atoms with Crippen molar-refractivity contribution in [3.05, 3.63) is 12.1 Å². The molecule has 0 radical (unpaired) electrons. The minimum Gasteiger partial charge on any atom is -0.477 e. The van der Waals surface area contributed by atoms with E-state index in [9.17, 15) is 0 Å². The van der Waals surface area contributed by atoms with Crippen molar-refractivity contribution >= 4 is 5.82 Å². The molecule has 1 N–H and O–H groups in total. The van der Waals surface area contributed by atoms with E-state index in [0.717, 1.165) is 12.4 Å². The molecule has 20 heavy (non-hydrogen) atoms. The zero-order chi connectivity index (χ0) is 14.5. The molecule has 0 atom stereocenters. The van der Waals surface area contributed by atoms with Crippen molar-refractivity contribution < 1.29 is 4.74 Å². The fraction of sp³-hybridized carbons (Fsp3) is 0.750. The average molecular weight is 279 g/mol. The lowest BCUT2D eigenvalue weighted by Crippen LogP contribution is -2.05. The van der Waals surface area contributed by atoms with Crippen molar-refractivity contribution in [1.82, 2.24) is 10.2 Å². The monoisotopic (exact) mass is 279 g/mol. The maximum absolute atomic E-state index is 5.26. The van der Waals surface area contributed by atoms with E-state index >= 15 is 0 Å². The first-order valence-corrected chi connectivity index (χ1v) is 8.07. The van der Waals surface area contributed by atoms with Gasteiger partial charge in [-0.2, -0.15) is 0 Å². The van der Waals surface area contributed by atoms with E-state index in [0.29, 0.717) is 12.5 Å². The van der Waals surface area contributed by atoms with Crippen molar-refractivity contribution in [3.8, 4) is 5.88 Å². The molecule has 0 aromatic carbocycles. The van der Waals surface area contributed by atoms with Crippen molar-refractivity contribution in [2.24, 2.45) is 0 Å². The lowest BCUT2D eigenvalue weighted by molar-refractivity contribution is 0.323. The largest absolute Gasteiger partial charge is 0.477 e. The maximum atomic E-state index is 5.26. The first kappa shape index (κ1) is 16.7. The van der Waals surface area contributed by atoms with Crippen LogP contribution in [-0.2, 0) is 0 Å². The molecule has 0 bridgehead atoms. The Balaban J connectivity index is 1.98. The van der Waals surface area contributed by atoms with Crippen molar-refractivity contribution in [2.75, 3.05) is 18.5 Å². The Morgan fingerprint density at radius 2 is 1.60 bits per heavy atom. The summed E-state index contributed by atoms with van der Waals surface area (Å²) in [5.41, 5.74) is 0. The molecule has 0 aliphatic carbocycles. The van der Waals surface area contributed by atoms with Gasteiger partial charge < -0.3 is 10.1 Å². The molecule has 1 rings (SSSR count). The van der Waals surface area contributed by atoms with E-state index in [1.54, 1.807) is 0 Å². The number of nitrogens with zero attached hydrogens (tertiary/aromatic N) is 2. The minimum absolute atomic E-state index is 0.588. The molecule has 0 unspecified atom stereocenters. The van der Waals surface area contributed by atoms with Gasteiger partial charge in [0.05, 0.1) is 6.61 Å². The van der Waals surface area contributed by atoms with Crippen molar-refractivity contribution in [1.29, 1.82) is 0 Å². The summed E-state index contributed by atoms with van der Waals surface area (Å²) in [5.74, 6) is 1.42. The molecular formula is C16H29N3O. The summed E-state index contributed by atoms with van der Waals surface area (Å²) in [6, 6.07) is 3.77. The Bertz CT molecular complexity index is 327. The Morgan fingerprint density at radius 1 is 0.900 bits per heavy atom. The molecule has 0 amide bonds. The fourth-order valence-electron chi connectivity index (χ4n) is 2.11. The molecule has 1 aromatic rings. The SMILES string of the molecule is CCCCCCCCCCNc1ccc(OCC)nn1. The van der Waals surface area contributed by atoms with Gasteiger partial charge in [-0.25, -0.2) is 0 Å². The van der Waals surface area contributed by atoms with Gasteiger partial charge >= 0.3 is 0 Å². The first-order valence-electron chi connectivity index (χ1n) is 8.07. The number of aromatic nitrogens is 2. The second-order valence-corrected chi connectivity index (χ2v) is 5.09. The van der Waals surface area contributed by atoms with E-state index in [1.165, 1.54) is 51.4 Å². The van der Waals surface area contributed by atoms with Crippen LogP contribution in [0.3, 0.4) is 0 Å². The highest BCUT2D eigenvalue weighted by Crippen LogP contribution is 2.10. The van der Waals surface area contributed by atoms with Gasteiger partial charge in [-0.1, -0.05) is 51.9 Å². The van der Waals surface area contributed by atoms with Crippen molar-refractivity contribution in [2.45, 2.75) is 65.2 Å². The zero-order valence-electron chi connectivity index (χ0n) is 13.0. The third-order valence-electron chi connectivity index (χ3n) is 3.27. The molecule has 1 aromatic heterocycles. The van der Waals surface area contributed by atoms with E-state index in [2.05, 4.69) is 22.4 Å². The standard InChI is InChI=1S/C16H29N3O/c1-3-5-6-7-8-9-10-11-14-17-15-12-13-16(19-18-15)20-4-2/h12-13H,3-11,14H2,1-2H3,(H,17,18). The predicted molar refractivity (Wildman–Crippen MR) is 84.3 cm³/mol. The van der Waals surface area contributed by atoms with Crippen molar-refractivity contribution in [3.63, 3.8) is 0 Å². The number of hydrogen-bond donors (Lipinski definition) is 1. The van der Waals surface area contributed by atoms with Gasteiger partial charge in [0, 0.05) is 12.6 Å². The van der Waals surface area contributed by atoms with Gasteiger partial charge in [0.2, 0.25) is 5.88 Å². The number of rotatable bonds is 12. The number of anilines is 1.